The molecule has 2 saturated heterocycles. The first-order chi connectivity index (χ1) is 7.05. The van der Waals surface area contributed by atoms with Crippen molar-refractivity contribution >= 4 is 5.97 Å². The molecule has 0 aromatic heterocycles. The first-order valence-electron chi connectivity index (χ1n) is 5.31. The number of hydrogen-bond donors (Lipinski definition) is 2. The number of rotatable bonds is 2. The molecule has 0 amide bonds. The van der Waals surface area contributed by atoms with Gasteiger partial charge < -0.3 is 14.9 Å². The van der Waals surface area contributed by atoms with Crippen LogP contribution in [0, 0.1) is 0 Å². The second-order valence-corrected chi connectivity index (χ2v) is 4.55. The molecule has 0 spiro atoms. The molecule has 0 aromatic carbocycles. The second kappa shape index (κ2) is 3.73. The number of aliphatic hydroxyl groups is 1. The number of ether oxygens (including phenoxy) is 1. The average molecular weight is 215 g/mol. The van der Waals surface area contributed by atoms with Gasteiger partial charge >= 0.3 is 5.97 Å². The van der Waals surface area contributed by atoms with Crippen LogP contribution in [0.3, 0.4) is 0 Å². The smallest absolute Gasteiger partial charge is 0.323 e. The van der Waals surface area contributed by atoms with E-state index in [1.807, 2.05) is 4.90 Å². The summed E-state index contributed by atoms with van der Waals surface area (Å²) in [5.41, 5.74) is -0.834. The van der Waals surface area contributed by atoms with Crippen LogP contribution in [0.1, 0.15) is 19.8 Å². The summed E-state index contributed by atoms with van der Waals surface area (Å²) in [6, 6.07) is -0.159. The normalized spacial score (nSPS) is 42.3. The molecule has 2 aliphatic rings. The zero-order valence-electron chi connectivity index (χ0n) is 8.85. The first-order valence-corrected chi connectivity index (χ1v) is 5.31. The summed E-state index contributed by atoms with van der Waals surface area (Å²) in [6.45, 7) is 3.21. The quantitative estimate of drug-likeness (QED) is 0.661. The molecule has 0 bridgehead atoms. The van der Waals surface area contributed by atoms with Crippen LogP contribution in [0.15, 0.2) is 0 Å². The third-order valence-corrected chi connectivity index (χ3v) is 3.58. The molecule has 86 valence electrons. The predicted molar refractivity (Wildman–Crippen MR) is 52.6 cm³/mol. The fourth-order valence-corrected chi connectivity index (χ4v) is 2.57. The number of aliphatic hydroxyl groups excluding tert-OH is 1. The lowest BCUT2D eigenvalue weighted by Gasteiger charge is -2.36. The van der Waals surface area contributed by atoms with Crippen molar-refractivity contribution in [1.82, 2.24) is 4.90 Å². The van der Waals surface area contributed by atoms with Crippen molar-refractivity contribution in [2.75, 3.05) is 19.8 Å². The Bertz CT molecular complexity index is 270. The van der Waals surface area contributed by atoms with Gasteiger partial charge in [-0.15, -0.1) is 0 Å². The van der Waals surface area contributed by atoms with Crippen LogP contribution >= 0.6 is 0 Å². The van der Waals surface area contributed by atoms with Gasteiger partial charge in [-0.25, -0.2) is 0 Å². The van der Waals surface area contributed by atoms with Crippen molar-refractivity contribution in [3.8, 4) is 0 Å². The van der Waals surface area contributed by atoms with Crippen LogP contribution < -0.4 is 0 Å². The van der Waals surface area contributed by atoms with E-state index in [0.717, 1.165) is 13.0 Å². The summed E-state index contributed by atoms with van der Waals surface area (Å²) in [4.78, 5) is 13.1. The summed E-state index contributed by atoms with van der Waals surface area (Å²) in [5, 5.41) is 18.9. The fraction of sp³-hybridized carbons (Fsp3) is 0.900. The summed E-state index contributed by atoms with van der Waals surface area (Å²) in [6.07, 6.45) is 0.958. The number of likely N-dealkylation sites (tertiary alicyclic amines) is 1. The molecule has 15 heavy (non-hydrogen) atoms. The number of carbonyl (C=O) groups is 1. The number of aliphatic carboxylic acids is 1. The zero-order chi connectivity index (χ0) is 11.1. The Balaban J connectivity index is 2.17. The highest BCUT2D eigenvalue weighted by Crippen LogP contribution is 2.33. The van der Waals surface area contributed by atoms with Crippen LogP contribution in [-0.4, -0.2) is 58.5 Å². The Morgan fingerprint density at radius 2 is 2.27 bits per heavy atom. The Morgan fingerprint density at radius 3 is 2.80 bits per heavy atom. The van der Waals surface area contributed by atoms with Gasteiger partial charge in [0.05, 0.1) is 25.4 Å². The summed E-state index contributed by atoms with van der Waals surface area (Å²) >= 11 is 0. The van der Waals surface area contributed by atoms with Crippen LogP contribution in [0.5, 0.6) is 0 Å². The summed E-state index contributed by atoms with van der Waals surface area (Å²) in [7, 11) is 0. The van der Waals surface area contributed by atoms with E-state index >= 15 is 0 Å². The molecule has 2 fully saturated rings. The fourth-order valence-electron chi connectivity index (χ4n) is 2.57. The van der Waals surface area contributed by atoms with Gasteiger partial charge in [0.15, 0.2) is 0 Å². The highest BCUT2D eigenvalue weighted by molar-refractivity contribution is 5.78. The van der Waals surface area contributed by atoms with E-state index in [0.29, 0.717) is 19.6 Å². The molecule has 2 N–H and O–H groups in total. The minimum atomic E-state index is -0.834. The molecule has 0 aliphatic carbocycles. The molecule has 0 radical (unpaired) electrons. The zero-order valence-corrected chi connectivity index (χ0v) is 8.85. The third-order valence-electron chi connectivity index (χ3n) is 3.58. The van der Waals surface area contributed by atoms with Crippen molar-refractivity contribution in [3.63, 3.8) is 0 Å². The van der Waals surface area contributed by atoms with E-state index in [2.05, 4.69) is 0 Å². The van der Waals surface area contributed by atoms with Crippen LogP contribution in [0.25, 0.3) is 0 Å². The number of hydrogen-bond acceptors (Lipinski definition) is 4. The molecule has 5 heteroatoms. The number of carboxylic acid groups (broad SMARTS) is 1. The lowest BCUT2D eigenvalue weighted by atomic mass is 9.97. The SMILES string of the molecule is CC1(C(=O)O)CCCN1C1COCC1O. The van der Waals surface area contributed by atoms with Crippen molar-refractivity contribution in [1.29, 1.82) is 0 Å². The van der Waals surface area contributed by atoms with Gasteiger partial charge in [-0.2, -0.15) is 0 Å². The molecule has 0 saturated carbocycles. The predicted octanol–water partition coefficient (Wildman–Crippen LogP) is -0.315. The molecule has 0 aromatic rings. The van der Waals surface area contributed by atoms with E-state index in [-0.39, 0.29) is 6.04 Å². The van der Waals surface area contributed by atoms with Crippen molar-refractivity contribution in [3.05, 3.63) is 0 Å². The minimum Gasteiger partial charge on any atom is -0.480 e. The lowest BCUT2D eigenvalue weighted by Crippen LogP contribution is -2.55. The second-order valence-electron chi connectivity index (χ2n) is 4.55. The minimum absolute atomic E-state index is 0.159. The van der Waals surface area contributed by atoms with Gasteiger partial charge in [0.25, 0.3) is 0 Å². The highest BCUT2D eigenvalue weighted by atomic mass is 16.5. The molecule has 5 nitrogen and oxygen atoms in total. The topological polar surface area (TPSA) is 70.0 Å². The van der Waals surface area contributed by atoms with E-state index in [1.165, 1.54) is 0 Å². The van der Waals surface area contributed by atoms with E-state index in [9.17, 15) is 15.0 Å². The van der Waals surface area contributed by atoms with Crippen LogP contribution in [0.4, 0.5) is 0 Å². The monoisotopic (exact) mass is 215 g/mol. The Labute approximate surface area is 88.6 Å². The average Bonchev–Trinajstić information content (AvgIpc) is 2.72. The van der Waals surface area contributed by atoms with E-state index in [1.54, 1.807) is 6.92 Å². The van der Waals surface area contributed by atoms with Crippen molar-refractivity contribution < 1.29 is 19.7 Å². The van der Waals surface area contributed by atoms with Gasteiger partial charge in [-0.05, 0) is 26.3 Å². The number of carboxylic acids is 1. The maximum absolute atomic E-state index is 11.2. The lowest BCUT2D eigenvalue weighted by molar-refractivity contribution is -0.150. The molecule has 3 atom stereocenters. The van der Waals surface area contributed by atoms with Crippen molar-refractivity contribution in [2.24, 2.45) is 0 Å². The standard InChI is InChI=1S/C10H17NO4/c1-10(9(13)14)3-2-4-11(10)7-5-15-6-8(7)12/h7-8,12H,2-6H2,1H3,(H,13,14). The molecule has 2 rings (SSSR count). The maximum Gasteiger partial charge on any atom is 0.323 e. The molecule has 2 heterocycles. The van der Waals surface area contributed by atoms with Gasteiger partial charge in [-0.1, -0.05) is 0 Å². The van der Waals surface area contributed by atoms with Crippen molar-refractivity contribution in [2.45, 2.75) is 37.5 Å². The van der Waals surface area contributed by atoms with E-state index < -0.39 is 17.6 Å². The molecular formula is C10H17NO4. The van der Waals surface area contributed by atoms with Gasteiger partial charge in [0.1, 0.15) is 5.54 Å². The van der Waals surface area contributed by atoms with Crippen LogP contribution in [0.2, 0.25) is 0 Å². The number of nitrogens with zero attached hydrogens (tertiary/aromatic N) is 1. The van der Waals surface area contributed by atoms with Gasteiger partial charge in [0, 0.05) is 0 Å². The molecule has 2 aliphatic heterocycles. The van der Waals surface area contributed by atoms with E-state index in [4.69, 9.17) is 4.74 Å². The first kappa shape index (κ1) is 10.9. The van der Waals surface area contributed by atoms with Crippen LogP contribution in [-0.2, 0) is 9.53 Å². The van der Waals surface area contributed by atoms with Gasteiger partial charge in [0.2, 0.25) is 0 Å². The summed E-state index contributed by atoms with van der Waals surface area (Å²) < 4.78 is 5.17. The Hall–Kier alpha value is -0.650. The maximum atomic E-state index is 11.2. The Kier molecular flexibility index (Phi) is 2.70. The largest absolute Gasteiger partial charge is 0.480 e. The molecular weight excluding hydrogens is 198 g/mol. The highest BCUT2D eigenvalue weighted by Gasteiger charge is 2.49. The summed E-state index contributed by atoms with van der Waals surface area (Å²) in [5.74, 6) is -0.806. The Morgan fingerprint density at radius 1 is 1.53 bits per heavy atom. The third kappa shape index (κ3) is 1.64. The molecule has 3 unspecified atom stereocenters. The van der Waals surface area contributed by atoms with Gasteiger partial charge in [-0.3, -0.25) is 9.69 Å².